The van der Waals surface area contributed by atoms with Crippen LogP contribution in [-0.4, -0.2) is 54.6 Å². The van der Waals surface area contributed by atoms with Crippen molar-refractivity contribution < 1.29 is 17.0 Å². The first kappa shape index (κ1) is 24.1. The first-order valence-electron chi connectivity index (χ1n) is 12.0. The molecule has 0 radical (unpaired) electrons. The topological polar surface area (TPSA) is 121 Å². The van der Waals surface area contributed by atoms with Crippen LogP contribution in [0.15, 0.2) is 58.5 Å². The van der Waals surface area contributed by atoms with Gasteiger partial charge in [-0.3, -0.25) is 9.78 Å². The van der Waals surface area contributed by atoms with Gasteiger partial charge in [-0.05, 0) is 44.3 Å². The van der Waals surface area contributed by atoms with Gasteiger partial charge in [-0.1, -0.05) is 6.07 Å². The Kier molecular flexibility index (Phi) is 5.48. The molecule has 11 heteroatoms. The van der Waals surface area contributed by atoms with Crippen molar-refractivity contribution in [3.05, 3.63) is 64.6 Å². The second-order valence-electron chi connectivity index (χ2n) is 9.44. The zero-order valence-electron chi connectivity index (χ0n) is 20.5. The number of nitrogens with zero attached hydrogens (tertiary/aromatic N) is 4. The Hall–Kier alpha value is -4.27. The summed E-state index contributed by atoms with van der Waals surface area (Å²) in [4.78, 5) is 22.8. The van der Waals surface area contributed by atoms with Crippen LogP contribution in [0.1, 0.15) is 18.5 Å². The van der Waals surface area contributed by atoms with Crippen molar-refractivity contribution in [2.24, 2.45) is 0 Å². The molecule has 192 valence electrons. The van der Waals surface area contributed by atoms with E-state index in [1.165, 1.54) is 12.3 Å². The highest BCUT2D eigenvalue weighted by Gasteiger charge is 2.30. The Morgan fingerprint density at radius 3 is 2.66 bits per heavy atom. The predicted octanol–water partition coefficient (Wildman–Crippen LogP) is 4.11. The summed E-state index contributed by atoms with van der Waals surface area (Å²) >= 11 is 0. The van der Waals surface area contributed by atoms with E-state index in [9.17, 15) is 22.4 Å². The number of halogens is 1. The highest BCUT2D eigenvalue weighted by atomic mass is 32.3. The van der Waals surface area contributed by atoms with Gasteiger partial charge >= 0.3 is 10.2 Å². The molecule has 2 aromatic carbocycles. The molecular weight excluding hydrogens is 509 g/mol. The fourth-order valence-electron chi connectivity index (χ4n) is 5.28. The van der Waals surface area contributed by atoms with Gasteiger partial charge in [0.2, 0.25) is 0 Å². The van der Waals surface area contributed by atoms with Gasteiger partial charge in [-0.25, -0.2) is 0 Å². The van der Waals surface area contributed by atoms with Crippen LogP contribution < -0.4 is 10.2 Å². The largest absolute Gasteiger partial charge is 0.493 e. The summed E-state index contributed by atoms with van der Waals surface area (Å²) in [7, 11) is -2.96. The Morgan fingerprint density at radius 1 is 1.18 bits per heavy atom. The van der Waals surface area contributed by atoms with Gasteiger partial charge in [-0.2, -0.15) is 13.7 Å². The zero-order chi connectivity index (χ0) is 26.8. The lowest BCUT2D eigenvalue weighted by Crippen LogP contribution is -2.45. The molecule has 0 atom stereocenters. The van der Waals surface area contributed by atoms with Crippen LogP contribution in [0.5, 0.6) is 5.75 Å². The Morgan fingerprint density at radius 2 is 1.97 bits per heavy atom. The molecule has 1 aliphatic heterocycles. The first-order chi connectivity index (χ1) is 18.2. The molecular formula is C27H22FN5O4S. The minimum atomic E-state index is -4.97. The number of likely N-dealkylation sites (tertiary alicyclic amines) is 1. The standard InChI is InChI=1S/C27H22FN5O4S/c1-3-37-24-9-21-23(8-20(24)16-7-18(12-30-11-16)38(28,35)36)33(17-13-32(2)14-17)27-25(26(21)34)19-5-4-15(10-29)6-22(19)31-27/h4-9,11-12,17,31H,3,13-14H2,1-2H3. The molecule has 0 aliphatic carbocycles. The number of rotatable bonds is 5. The van der Waals surface area contributed by atoms with E-state index in [-0.39, 0.29) is 11.5 Å². The molecule has 38 heavy (non-hydrogen) atoms. The van der Waals surface area contributed by atoms with Crippen molar-refractivity contribution in [1.82, 2.24) is 19.4 Å². The van der Waals surface area contributed by atoms with Crippen LogP contribution in [0, 0.1) is 11.3 Å². The quantitative estimate of drug-likeness (QED) is 0.339. The number of nitriles is 1. The monoisotopic (exact) mass is 531 g/mol. The molecule has 6 rings (SSSR count). The highest BCUT2D eigenvalue weighted by Crippen LogP contribution is 2.38. The first-order valence-corrected chi connectivity index (χ1v) is 13.4. The Bertz CT molecular complexity index is 1990. The summed E-state index contributed by atoms with van der Waals surface area (Å²) in [5, 5.41) is 11.1. The normalized spacial score (nSPS) is 14.7. The number of likely N-dealkylation sites (N-methyl/N-ethyl adjacent to an activating group) is 1. The fourth-order valence-corrected chi connectivity index (χ4v) is 5.73. The maximum Gasteiger partial charge on any atom is 0.333 e. The molecule has 4 heterocycles. The molecule has 0 saturated carbocycles. The third-order valence-electron chi connectivity index (χ3n) is 6.99. The maximum atomic E-state index is 13.9. The minimum Gasteiger partial charge on any atom is -0.493 e. The van der Waals surface area contributed by atoms with Gasteiger partial charge in [0.1, 0.15) is 16.3 Å². The van der Waals surface area contributed by atoms with Gasteiger partial charge < -0.3 is 19.2 Å². The lowest BCUT2D eigenvalue weighted by molar-refractivity contribution is 0.146. The molecule has 5 aromatic rings. The van der Waals surface area contributed by atoms with Crippen molar-refractivity contribution in [3.8, 4) is 22.9 Å². The van der Waals surface area contributed by atoms with Crippen LogP contribution in [-0.2, 0) is 10.2 Å². The van der Waals surface area contributed by atoms with Crippen molar-refractivity contribution in [3.63, 3.8) is 0 Å². The number of hydrogen-bond donors (Lipinski definition) is 1. The van der Waals surface area contributed by atoms with E-state index < -0.39 is 15.1 Å². The number of aromatic nitrogens is 3. The predicted molar refractivity (Wildman–Crippen MR) is 142 cm³/mol. The average Bonchev–Trinajstić information content (AvgIpc) is 3.26. The van der Waals surface area contributed by atoms with Crippen molar-refractivity contribution in [2.45, 2.75) is 17.9 Å². The zero-order valence-corrected chi connectivity index (χ0v) is 21.3. The van der Waals surface area contributed by atoms with Gasteiger partial charge in [0.25, 0.3) is 0 Å². The van der Waals surface area contributed by atoms with Crippen molar-refractivity contribution in [1.29, 1.82) is 5.26 Å². The molecule has 1 saturated heterocycles. The number of benzene rings is 2. The van der Waals surface area contributed by atoms with Crippen LogP contribution in [0.25, 0.3) is 44.0 Å². The van der Waals surface area contributed by atoms with E-state index in [2.05, 4.69) is 25.5 Å². The minimum absolute atomic E-state index is 0.0515. The van der Waals surface area contributed by atoms with E-state index in [0.717, 1.165) is 24.7 Å². The summed E-state index contributed by atoms with van der Waals surface area (Å²) < 4.78 is 44.9. The van der Waals surface area contributed by atoms with Crippen LogP contribution in [0.4, 0.5) is 3.89 Å². The number of hydrogen-bond acceptors (Lipinski definition) is 7. The molecule has 0 unspecified atom stereocenters. The molecule has 9 nitrogen and oxygen atoms in total. The summed E-state index contributed by atoms with van der Waals surface area (Å²) in [5.74, 6) is 0.357. The van der Waals surface area contributed by atoms with E-state index in [1.807, 2.05) is 7.05 Å². The summed E-state index contributed by atoms with van der Waals surface area (Å²) in [6.07, 6.45) is 2.38. The second kappa shape index (κ2) is 8.65. The molecule has 0 amide bonds. The van der Waals surface area contributed by atoms with E-state index in [4.69, 9.17) is 4.74 Å². The highest BCUT2D eigenvalue weighted by molar-refractivity contribution is 7.86. The molecule has 1 aliphatic rings. The lowest BCUT2D eigenvalue weighted by Gasteiger charge is -2.39. The fraction of sp³-hybridized carbons (Fsp3) is 0.222. The molecule has 0 bridgehead atoms. The second-order valence-corrected chi connectivity index (χ2v) is 10.8. The third kappa shape index (κ3) is 3.72. The van der Waals surface area contributed by atoms with E-state index >= 15 is 0 Å². The van der Waals surface area contributed by atoms with Gasteiger partial charge in [-0.15, -0.1) is 3.89 Å². The van der Waals surface area contributed by atoms with Gasteiger partial charge in [0.15, 0.2) is 5.43 Å². The smallest absolute Gasteiger partial charge is 0.333 e. The summed E-state index contributed by atoms with van der Waals surface area (Å²) in [6, 6.07) is 12.0. The SMILES string of the molecule is CCOc1cc2c(=O)c3c4ccc(C#N)cc4[nH]c3n(C3CN(C)C3)c2cc1-c1cncc(S(=O)(=O)F)c1. The van der Waals surface area contributed by atoms with Crippen molar-refractivity contribution in [2.75, 3.05) is 26.7 Å². The third-order valence-corrected chi connectivity index (χ3v) is 7.78. The number of aromatic amines is 1. The van der Waals surface area contributed by atoms with Crippen LogP contribution in [0.3, 0.4) is 0 Å². The van der Waals surface area contributed by atoms with Gasteiger partial charge in [0.05, 0.1) is 40.6 Å². The number of fused-ring (bicyclic) bond motifs is 4. The van der Waals surface area contributed by atoms with Crippen LogP contribution >= 0.6 is 0 Å². The molecule has 0 spiro atoms. The van der Waals surface area contributed by atoms with Crippen molar-refractivity contribution >= 4 is 43.1 Å². The Balaban J connectivity index is 1.73. The Labute approximate surface area is 216 Å². The maximum absolute atomic E-state index is 13.9. The summed E-state index contributed by atoms with van der Waals surface area (Å²) in [6.45, 7) is 3.60. The lowest BCUT2D eigenvalue weighted by atomic mass is 10.00. The van der Waals surface area contributed by atoms with Crippen LogP contribution in [0.2, 0.25) is 0 Å². The number of H-pyrrole nitrogens is 1. The number of nitrogens with one attached hydrogen (secondary N) is 1. The average molecular weight is 532 g/mol. The summed E-state index contributed by atoms with van der Waals surface area (Å²) in [5.41, 5.74) is 3.06. The van der Waals surface area contributed by atoms with E-state index in [1.54, 1.807) is 37.3 Å². The van der Waals surface area contributed by atoms with Gasteiger partial charge in [0, 0.05) is 47.5 Å². The number of pyridine rings is 2. The molecule has 1 fully saturated rings. The molecule has 1 N–H and O–H groups in total. The van der Waals surface area contributed by atoms with E-state index in [0.29, 0.717) is 56.5 Å². The molecule has 3 aromatic heterocycles. The number of ether oxygens (including phenoxy) is 1.